The van der Waals surface area contributed by atoms with Crippen LogP contribution in [0, 0.1) is 12.7 Å². The minimum atomic E-state index is -0.231. The third-order valence-corrected chi connectivity index (χ3v) is 2.67. The first-order chi connectivity index (χ1) is 8.19. The van der Waals surface area contributed by atoms with E-state index in [2.05, 4.69) is 9.97 Å². The highest BCUT2D eigenvalue weighted by Gasteiger charge is 2.06. The topological polar surface area (TPSA) is 25.8 Å². The second kappa shape index (κ2) is 5.23. The highest BCUT2D eigenvalue weighted by atomic mass is 35.5. The first-order valence-corrected chi connectivity index (χ1v) is 5.85. The summed E-state index contributed by atoms with van der Waals surface area (Å²) in [6.45, 7) is 1.88. The van der Waals surface area contributed by atoms with Crippen molar-refractivity contribution in [2.75, 3.05) is 0 Å². The first kappa shape index (κ1) is 12.0. The minimum Gasteiger partial charge on any atom is -0.238 e. The van der Waals surface area contributed by atoms with Gasteiger partial charge in [-0.15, -0.1) is 11.6 Å². The monoisotopic (exact) mass is 250 g/mol. The van der Waals surface area contributed by atoms with E-state index < -0.39 is 0 Å². The van der Waals surface area contributed by atoms with Gasteiger partial charge >= 0.3 is 0 Å². The molecule has 0 saturated carbocycles. The van der Waals surface area contributed by atoms with Crippen molar-refractivity contribution in [3.8, 4) is 0 Å². The van der Waals surface area contributed by atoms with Crippen molar-refractivity contribution in [1.29, 1.82) is 0 Å². The Bertz CT molecular complexity index is 529. The summed E-state index contributed by atoms with van der Waals surface area (Å²) < 4.78 is 13.5. The molecule has 0 unspecified atom stereocenters. The molecule has 2 aromatic rings. The van der Waals surface area contributed by atoms with Crippen LogP contribution in [0.5, 0.6) is 0 Å². The maximum Gasteiger partial charge on any atom is 0.133 e. The molecule has 0 radical (unpaired) electrons. The highest BCUT2D eigenvalue weighted by molar-refractivity contribution is 6.16. The number of hydrogen-bond donors (Lipinski definition) is 0. The van der Waals surface area contributed by atoms with Crippen LogP contribution in [-0.4, -0.2) is 9.97 Å². The molecule has 1 aromatic carbocycles. The molecule has 1 aromatic heterocycles. The fourth-order valence-corrected chi connectivity index (χ4v) is 1.80. The lowest BCUT2D eigenvalue weighted by Crippen LogP contribution is -2.02. The molecule has 88 valence electrons. The Kier molecular flexibility index (Phi) is 3.69. The molecule has 1 heterocycles. The summed E-state index contributed by atoms with van der Waals surface area (Å²) in [5.41, 5.74) is 2.21. The summed E-state index contributed by atoms with van der Waals surface area (Å²) in [6, 6.07) is 8.48. The standard InChI is InChI=1S/C13H12ClFN2/c1-9-6-11(8-14)17-13(16-9)7-10-4-2-3-5-12(10)15/h2-6H,7-8H2,1H3. The van der Waals surface area contributed by atoms with Crippen LogP contribution in [0.3, 0.4) is 0 Å². The lowest BCUT2D eigenvalue weighted by Gasteiger charge is -2.05. The van der Waals surface area contributed by atoms with Crippen molar-refractivity contribution in [3.05, 3.63) is 58.9 Å². The van der Waals surface area contributed by atoms with Gasteiger partial charge in [-0.05, 0) is 24.6 Å². The molecule has 17 heavy (non-hydrogen) atoms. The van der Waals surface area contributed by atoms with E-state index in [0.29, 0.717) is 23.7 Å². The molecule has 0 aliphatic heterocycles. The van der Waals surface area contributed by atoms with Crippen LogP contribution in [0.1, 0.15) is 22.8 Å². The maximum atomic E-state index is 13.5. The molecule has 2 rings (SSSR count). The van der Waals surface area contributed by atoms with Gasteiger partial charge in [0.1, 0.15) is 11.6 Å². The quantitative estimate of drug-likeness (QED) is 0.782. The molecule has 0 fully saturated rings. The Balaban J connectivity index is 2.30. The van der Waals surface area contributed by atoms with Crippen LogP contribution in [0.4, 0.5) is 4.39 Å². The van der Waals surface area contributed by atoms with Crippen molar-refractivity contribution in [1.82, 2.24) is 9.97 Å². The average molecular weight is 251 g/mol. The molecule has 0 aliphatic rings. The Morgan fingerprint density at radius 3 is 2.71 bits per heavy atom. The number of aryl methyl sites for hydroxylation is 1. The van der Waals surface area contributed by atoms with Gasteiger partial charge in [-0.2, -0.15) is 0 Å². The molecule has 0 aliphatic carbocycles. The zero-order valence-corrected chi connectivity index (χ0v) is 10.2. The smallest absolute Gasteiger partial charge is 0.133 e. The third-order valence-electron chi connectivity index (χ3n) is 2.40. The van der Waals surface area contributed by atoms with Crippen LogP contribution >= 0.6 is 11.6 Å². The molecule has 0 saturated heterocycles. The van der Waals surface area contributed by atoms with Gasteiger partial charge in [0.15, 0.2) is 0 Å². The number of alkyl halides is 1. The molecule has 0 bridgehead atoms. The van der Waals surface area contributed by atoms with E-state index >= 15 is 0 Å². The summed E-state index contributed by atoms with van der Waals surface area (Å²) >= 11 is 5.74. The van der Waals surface area contributed by atoms with Crippen molar-refractivity contribution in [2.45, 2.75) is 19.2 Å². The van der Waals surface area contributed by atoms with Gasteiger partial charge in [-0.25, -0.2) is 14.4 Å². The summed E-state index contributed by atoms with van der Waals surface area (Å²) in [6.07, 6.45) is 0.387. The molecule has 0 atom stereocenters. The van der Waals surface area contributed by atoms with Gasteiger partial charge in [0.25, 0.3) is 0 Å². The maximum absolute atomic E-state index is 13.5. The van der Waals surface area contributed by atoms with Crippen LogP contribution in [0.25, 0.3) is 0 Å². The summed E-state index contributed by atoms with van der Waals surface area (Å²) in [4.78, 5) is 8.56. The van der Waals surface area contributed by atoms with Crippen LogP contribution in [-0.2, 0) is 12.3 Å². The minimum absolute atomic E-state index is 0.231. The third kappa shape index (κ3) is 3.01. The molecule has 0 amide bonds. The van der Waals surface area contributed by atoms with Crippen LogP contribution in [0.15, 0.2) is 30.3 Å². The summed E-state index contributed by atoms with van der Waals surface area (Å²) in [5, 5.41) is 0. The van der Waals surface area contributed by atoms with E-state index in [-0.39, 0.29) is 5.82 Å². The van der Waals surface area contributed by atoms with Gasteiger partial charge in [0.2, 0.25) is 0 Å². The number of benzene rings is 1. The Hall–Kier alpha value is -1.48. The summed E-state index contributed by atoms with van der Waals surface area (Å²) in [5.74, 6) is 0.712. The van der Waals surface area contributed by atoms with E-state index in [9.17, 15) is 4.39 Å². The average Bonchev–Trinajstić information content (AvgIpc) is 2.31. The lowest BCUT2D eigenvalue weighted by atomic mass is 10.1. The predicted octanol–water partition coefficient (Wildman–Crippen LogP) is 3.25. The summed E-state index contributed by atoms with van der Waals surface area (Å²) in [7, 11) is 0. The zero-order valence-electron chi connectivity index (χ0n) is 9.45. The van der Waals surface area contributed by atoms with Gasteiger partial charge in [0.05, 0.1) is 11.6 Å². The number of rotatable bonds is 3. The van der Waals surface area contributed by atoms with Crippen LogP contribution in [0.2, 0.25) is 0 Å². The van der Waals surface area contributed by atoms with E-state index in [1.165, 1.54) is 6.07 Å². The lowest BCUT2D eigenvalue weighted by molar-refractivity contribution is 0.612. The number of hydrogen-bond acceptors (Lipinski definition) is 2. The Labute approximate surface area is 104 Å². The number of aromatic nitrogens is 2. The molecule has 0 N–H and O–H groups in total. The van der Waals surface area contributed by atoms with Crippen molar-refractivity contribution >= 4 is 11.6 Å². The molecule has 0 spiro atoms. The van der Waals surface area contributed by atoms with E-state index in [4.69, 9.17) is 11.6 Å². The molecular formula is C13H12ClFN2. The molecular weight excluding hydrogens is 239 g/mol. The second-order valence-corrected chi connectivity index (χ2v) is 4.09. The SMILES string of the molecule is Cc1cc(CCl)nc(Cc2ccccc2F)n1. The predicted molar refractivity (Wildman–Crippen MR) is 65.5 cm³/mol. The van der Waals surface area contributed by atoms with E-state index in [0.717, 1.165) is 11.4 Å². The van der Waals surface area contributed by atoms with Crippen molar-refractivity contribution in [3.63, 3.8) is 0 Å². The van der Waals surface area contributed by atoms with Crippen LogP contribution < -0.4 is 0 Å². The van der Waals surface area contributed by atoms with Crippen molar-refractivity contribution < 1.29 is 4.39 Å². The molecule has 2 nitrogen and oxygen atoms in total. The Morgan fingerprint density at radius 2 is 2.00 bits per heavy atom. The fourth-order valence-electron chi connectivity index (χ4n) is 1.66. The van der Waals surface area contributed by atoms with E-state index in [1.54, 1.807) is 18.2 Å². The number of nitrogens with zero attached hydrogens (tertiary/aromatic N) is 2. The van der Waals surface area contributed by atoms with E-state index in [1.807, 2.05) is 13.0 Å². The second-order valence-electron chi connectivity index (χ2n) is 3.82. The van der Waals surface area contributed by atoms with Gasteiger partial charge in [-0.3, -0.25) is 0 Å². The first-order valence-electron chi connectivity index (χ1n) is 5.32. The van der Waals surface area contributed by atoms with Gasteiger partial charge in [0, 0.05) is 12.1 Å². The molecule has 4 heteroatoms. The normalized spacial score (nSPS) is 10.5. The van der Waals surface area contributed by atoms with Gasteiger partial charge in [-0.1, -0.05) is 18.2 Å². The number of halogens is 2. The fraction of sp³-hybridized carbons (Fsp3) is 0.231. The van der Waals surface area contributed by atoms with Gasteiger partial charge < -0.3 is 0 Å². The Morgan fingerprint density at radius 1 is 1.24 bits per heavy atom. The highest BCUT2D eigenvalue weighted by Crippen LogP contribution is 2.12. The largest absolute Gasteiger partial charge is 0.238 e. The van der Waals surface area contributed by atoms with Crippen molar-refractivity contribution in [2.24, 2.45) is 0 Å². The zero-order chi connectivity index (χ0) is 12.3.